The van der Waals surface area contributed by atoms with Gasteiger partial charge in [-0.15, -0.1) is 11.3 Å². The third-order valence-electron chi connectivity index (χ3n) is 3.05. The fourth-order valence-corrected chi connectivity index (χ4v) is 2.66. The van der Waals surface area contributed by atoms with E-state index in [1.54, 1.807) is 10.4 Å². The first kappa shape index (κ1) is 13.7. The van der Waals surface area contributed by atoms with E-state index in [9.17, 15) is 9.90 Å². The van der Waals surface area contributed by atoms with Crippen LogP contribution in [0.3, 0.4) is 0 Å². The summed E-state index contributed by atoms with van der Waals surface area (Å²) in [5, 5.41) is 11.4. The molecule has 1 heterocycles. The Morgan fingerprint density at radius 1 is 1.47 bits per heavy atom. The van der Waals surface area contributed by atoms with E-state index >= 15 is 0 Å². The molecule has 0 saturated carbocycles. The summed E-state index contributed by atoms with van der Waals surface area (Å²) in [6.07, 6.45) is 0. The van der Waals surface area contributed by atoms with Gasteiger partial charge in [0.25, 0.3) is 0 Å². The lowest BCUT2D eigenvalue weighted by molar-refractivity contribution is -0.143. The highest BCUT2D eigenvalue weighted by Crippen LogP contribution is 2.24. The van der Waals surface area contributed by atoms with Crippen molar-refractivity contribution >= 4 is 17.3 Å². The van der Waals surface area contributed by atoms with Gasteiger partial charge in [0.2, 0.25) is 0 Å². The lowest BCUT2D eigenvalue weighted by Crippen LogP contribution is -2.31. The first-order valence-electron chi connectivity index (χ1n) is 5.95. The summed E-state index contributed by atoms with van der Waals surface area (Å²) < 4.78 is 0. The van der Waals surface area contributed by atoms with Crippen molar-refractivity contribution in [3.05, 3.63) is 52.0 Å². The maximum atomic E-state index is 11.6. The Labute approximate surface area is 116 Å². The molecular weight excluding hydrogens is 260 g/mol. The van der Waals surface area contributed by atoms with E-state index in [-0.39, 0.29) is 0 Å². The largest absolute Gasteiger partial charge is 0.480 e. The molecule has 2 rings (SSSR count). The molecule has 1 unspecified atom stereocenters. The van der Waals surface area contributed by atoms with Gasteiger partial charge in [-0.1, -0.05) is 24.3 Å². The van der Waals surface area contributed by atoms with Gasteiger partial charge in [0, 0.05) is 11.9 Å². The molecule has 0 amide bonds. The maximum Gasteiger partial charge on any atom is 0.325 e. The molecule has 1 atom stereocenters. The van der Waals surface area contributed by atoms with Crippen LogP contribution in [0.1, 0.15) is 22.9 Å². The Morgan fingerprint density at radius 3 is 2.79 bits per heavy atom. The van der Waals surface area contributed by atoms with E-state index in [2.05, 4.69) is 4.98 Å². The van der Waals surface area contributed by atoms with Crippen LogP contribution in [-0.2, 0) is 11.3 Å². The number of carboxylic acid groups (broad SMARTS) is 1. The van der Waals surface area contributed by atoms with E-state index in [0.717, 1.165) is 16.8 Å². The van der Waals surface area contributed by atoms with Crippen molar-refractivity contribution in [2.24, 2.45) is 0 Å². The van der Waals surface area contributed by atoms with E-state index in [4.69, 9.17) is 0 Å². The van der Waals surface area contributed by atoms with E-state index in [1.165, 1.54) is 11.3 Å². The van der Waals surface area contributed by atoms with Crippen molar-refractivity contribution in [2.45, 2.75) is 19.5 Å². The molecule has 0 aliphatic heterocycles. The van der Waals surface area contributed by atoms with Crippen LogP contribution in [-0.4, -0.2) is 28.0 Å². The quantitative estimate of drug-likeness (QED) is 0.912. The Hall–Kier alpha value is -1.72. The number of likely N-dealkylation sites (N-methyl/N-ethyl adjacent to an activating group) is 1. The summed E-state index contributed by atoms with van der Waals surface area (Å²) in [6, 6.07) is 6.93. The molecule has 0 bridgehead atoms. The second-order valence-corrected chi connectivity index (χ2v) is 5.21. The number of hydrogen-bond acceptors (Lipinski definition) is 4. The molecule has 100 valence electrons. The Bertz CT molecular complexity index is 554. The van der Waals surface area contributed by atoms with Gasteiger partial charge >= 0.3 is 5.97 Å². The molecule has 0 fully saturated rings. The summed E-state index contributed by atoms with van der Waals surface area (Å²) >= 11 is 1.52. The van der Waals surface area contributed by atoms with E-state index < -0.39 is 12.0 Å². The molecule has 1 N–H and O–H groups in total. The topological polar surface area (TPSA) is 53.4 Å². The van der Waals surface area contributed by atoms with Crippen molar-refractivity contribution in [3.8, 4) is 0 Å². The average Bonchev–Trinajstić information content (AvgIpc) is 2.84. The van der Waals surface area contributed by atoms with E-state index in [0.29, 0.717) is 6.54 Å². The number of aliphatic carboxylic acids is 1. The monoisotopic (exact) mass is 276 g/mol. The highest BCUT2D eigenvalue weighted by atomic mass is 32.1. The van der Waals surface area contributed by atoms with Gasteiger partial charge in [0.05, 0.1) is 11.2 Å². The number of benzene rings is 1. The number of aryl methyl sites for hydroxylation is 1. The molecule has 1 aromatic carbocycles. The van der Waals surface area contributed by atoms with Crippen LogP contribution < -0.4 is 0 Å². The predicted octanol–water partition coefficient (Wildman–Crippen LogP) is 2.71. The molecule has 4 nitrogen and oxygen atoms in total. The van der Waals surface area contributed by atoms with Gasteiger partial charge in [-0.2, -0.15) is 0 Å². The molecule has 1 aromatic heterocycles. The lowest BCUT2D eigenvalue weighted by atomic mass is 10.0. The smallest absolute Gasteiger partial charge is 0.325 e. The summed E-state index contributed by atoms with van der Waals surface area (Å²) in [4.78, 5) is 17.6. The first-order chi connectivity index (χ1) is 9.09. The molecule has 0 aliphatic rings. The number of hydrogen-bond donors (Lipinski definition) is 1. The number of thiazole rings is 1. The zero-order valence-corrected chi connectivity index (χ0v) is 11.7. The number of carbonyl (C=O) groups is 1. The van der Waals surface area contributed by atoms with Gasteiger partial charge in [-0.05, 0) is 25.1 Å². The minimum Gasteiger partial charge on any atom is -0.480 e. The molecule has 2 aromatic rings. The molecule has 5 heteroatoms. The zero-order valence-electron chi connectivity index (χ0n) is 10.9. The van der Waals surface area contributed by atoms with Gasteiger partial charge in [-0.25, -0.2) is 4.98 Å². The minimum absolute atomic E-state index is 0.523. The number of carboxylic acids is 1. The zero-order chi connectivity index (χ0) is 13.8. The molecule has 0 spiro atoms. The van der Waals surface area contributed by atoms with Crippen molar-refractivity contribution in [2.75, 3.05) is 7.05 Å². The van der Waals surface area contributed by atoms with Crippen LogP contribution in [0.15, 0.2) is 35.2 Å². The highest BCUT2D eigenvalue weighted by Gasteiger charge is 2.26. The molecule has 0 aliphatic carbocycles. The van der Waals surface area contributed by atoms with E-state index in [1.807, 2.05) is 43.6 Å². The summed E-state index contributed by atoms with van der Waals surface area (Å²) in [5.41, 5.74) is 4.47. The van der Waals surface area contributed by atoms with Gasteiger partial charge in [0.1, 0.15) is 6.04 Å². The van der Waals surface area contributed by atoms with Crippen molar-refractivity contribution in [3.63, 3.8) is 0 Å². The number of aromatic nitrogens is 1. The Morgan fingerprint density at radius 2 is 2.21 bits per heavy atom. The van der Waals surface area contributed by atoms with Gasteiger partial charge in [0.15, 0.2) is 0 Å². The SMILES string of the molecule is Cc1ccccc1C(C(=O)O)N(C)Cc1cscn1. The van der Waals surface area contributed by atoms with Gasteiger partial charge < -0.3 is 5.11 Å². The van der Waals surface area contributed by atoms with Crippen molar-refractivity contribution in [1.29, 1.82) is 0 Å². The van der Waals surface area contributed by atoms with Crippen LogP contribution in [0, 0.1) is 6.92 Å². The summed E-state index contributed by atoms with van der Waals surface area (Å²) in [5.74, 6) is -0.841. The Balaban J connectivity index is 2.25. The van der Waals surface area contributed by atoms with Crippen molar-refractivity contribution < 1.29 is 9.90 Å². The second-order valence-electron chi connectivity index (χ2n) is 4.49. The number of nitrogens with zero attached hydrogens (tertiary/aromatic N) is 2. The van der Waals surface area contributed by atoms with Crippen LogP contribution in [0.5, 0.6) is 0 Å². The normalized spacial score (nSPS) is 12.6. The average molecular weight is 276 g/mol. The maximum absolute atomic E-state index is 11.6. The van der Waals surface area contributed by atoms with Crippen molar-refractivity contribution in [1.82, 2.24) is 9.88 Å². The van der Waals surface area contributed by atoms with Gasteiger partial charge in [-0.3, -0.25) is 9.69 Å². The Kier molecular flexibility index (Phi) is 4.29. The summed E-state index contributed by atoms with van der Waals surface area (Å²) in [6.45, 7) is 2.46. The lowest BCUT2D eigenvalue weighted by Gasteiger charge is -2.25. The van der Waals surface area contributed by atoms with Crippen LogP contribution in [0.2, 0.25) is 0 Å². The predicted molar refractivity (Wildman–Crippen MR) is 75.1 cm³/mol. The first-order valence-corrected chi connectivity index (χ1v) is 6.89. The molecule has 0 radical (unpaired) electrons. The third-order valence-corrected chi connectivity index (χ3v) is 3.69. The summed E-state index contributed by atoms with van der Waals surface area (Å²) in [7, 11) is 1.81. The minimum atomic E-state index is -0.841. The van der Waals surface area contributed by atoms with Crippen LogP contribution in [0.25, 0.3) is 0 Å². The fraction of sp³-hybridized carbons (Fsp3) is 0.286. The van der Waals surface area contributed by atoms with Crippen LogP contribution >= 0.6 is 11.3 Å². The molecular formula is C14H16N2O2S. The fourth-order valence-electron chi connectivity index (χ4n) is 2.12. The highest BCUT2D eigenvalue weighted by molar-refractivity contribution is 7.07. The standard InChI is InChI=1S/C14H16N2O2S/c1-10-5-3-4-6-12(10)13(14(17)18)16(2)7-11-8-19-9-15-11/h3-6,8-9,13H,7H2,1-2H3,(H,17,18). The third kappa shape index (κ3) is 3.19. The van der Waals surface area contributed by atoms with Crippen LogP contribution in [0.4, 0.5) is 0 Å². The number of rotatable bonds is 5. The molecule has 19 heavy (non-hydrogen) atoms. The second kappa shape index (κ2) is 5.95. The molecule has 0 saturated heterocycles.